The minimum absolute atomic E-state index is 0.0954. The summed E-state index contributed by atoms with van der Waals surface area (Å²) in [5.41, 5.74) is 0.441. The Balaban J connectivity index is 3.00. The Labute approximate surface area is 106 Å². The molecule has 0 aromatic heterocycles. The molecular formula is C14H15NO3. The van der Waals surface area contributed by atoms with Crippen LogP contribution in [0.5, 0.6) is 0 Å². The zero-order valence-corrected chi connectivity index (χ0v) is 10.0. The van der Waals surface area contributed by atoms with Crippen molar-refractivity contribution in [3.63, 3.8) is 0 Å². The van der Waals surface area contributed by atoms with E-state index in [0.29, 0.717) is 18.7 Å². The molecule has 94 valence electrons. The molecule has 1 aromatic rings. The van der Waals surface area contributed by atoms with Crippen molar-refractivity contribution in [2.24, 2.45) is 0 Å². The highest BCUT2D eigenvalue weighted by Crippen LogP contribution is 2.09. The largest absolute Gasteiger partial charge is 0.478 e. The number of carbonyl (C=O) groups excluding carboxylic acids is 1. The van der Waals surface area contributed by atoms with Gasteiger partial charge in [-0.2, -0.15) is 0 Å². The van der Waals surface area contributed by atoms with Gasteiger partial charge in [0.15, 0.2) is 0 Å². The summed E-state index contributed by atoms with van der Waals surface area (Å²) in [7, 11) is 0. The first-order chi connectivity index (χ1) is 8.60. The molecule has 0 atom stereocenters. The van der Waals surface area contributed by atoms with E-state index in [0.717, 1.165) is 0 Å². The van der Waals surface area contributed by atoms with Gasteiger partial charge in [0.05, 0.1) is 5.56 Å². The van der Waals surface area contributed by atoms with E-state index < -0.39 is 5.97 Å². The highest BCUT2D eigenvalue weighted by Gasteiger charge is 2.14. The van der Waals surface area contributed by atoms with Crippen LogP contribution in [0, 0.1) is 0 Å². The van der Waals surface area contributed by atoms with Gasteiger partial charge in [0, 0.05) is 18.7 Å². The van der Waals surface area contributed by atoms with Crippen LogP contribution >= 0.6 is 0 Å². The van der Waals surface area contributed by atoms with E-state index in [2.05, 4.69) is 13.2 Å². The number of benzene rings is 1. The van der Waals surface area contributed by atoms with Crippen LogP contribution in [0.4, 0.5) is 0 Å². The summed E-state index contributed by atoms with van der Waals surface area (Å²) in [5, 5.41) is 8.88. The lowest BCUT2D eigenvalue weighted by Gasteiger charge is -2.19. The number of carbonyl (C=O) groups is 2. The van der Waals surface area contributed by atoms with Crippen molar-refractivity contribution in [2.75, 3.05) is 13.1 Å². The third kappa shape index (κ3) is 3.31. The average molecular weight is 245 g/mol. The van der Waals surface area contributed by atoms with E-state index >= 15 is 0 Å². The van der Waals surface area contributed by atoms with Gasteiger partial charge in [-0.15, -0.1) is 13.2 Å². The summed E-state index contributed by atoms with van der Waals surface area (Å²) in [4.78, 5) is 24.5. The third-order valence-corrected chi connectivity index (χ3v) is 2.34. The van der Waals surface area contributed by atoms with Crippen molar-refractivity contribution >= 4 is 11.9 Å². The predicted molar refractivity (Wildman–Crippen MR) is 69.7 cm³/mol. The minimum Gasteiger partial charge on any atom is -0.478 e. The molecule has 4 heteroatoms. The van der Waals surface area contributed by atoms with E-state index in [-0.39, 0.29) is 11.5 Å². The average Bonchev–Trinajstić information content (AvgIpc) is 2.38. The number of rotatable bonds is 6. The van der Waals surface area contributed by atoms with Gasteiger partial charge in [0.1, 0.15) is 0 Å². The van der Waals surface area contributed by atoms with Gasteiger partial charge < -0.3 is 10.0 Å². The molecule has 1 N–H and O–H groups in total. The quantitative estimate of drug-likeness (QED) is 0.782. The van der Waals surface area contributed by atoms with Gasteiger partial charge in [-0.25, -0.2) is 4.79 Å². The van der Waals surface area contributed by atoms with Gasteiger partial charge in [-0.3, -0.25) is 4.79 Å². The highest BCUT2D eigenvalue weighted by atomic mass is 16.4. The third-order valence-electron chi connectivity index (χ3n) is 2.34. The highest BCUT2D eigenvalue weighted by molar-refractivity contribution is 5.97. The maximum atomic E-state index is 12.1. The summed E-state index contributed by atoms with van der Waals surface area (Å²) >= 11 is 0. The molecule has 18 heavy (non-hydrogen) atoms. The van der Waals surface area contributed by atoms with Gasteiger partial charge in [-0.05, 0) is 18.2 Å². The van der Waals surface area contributed by atoms with Crippen LogP contribution in [0.1, 0.15) is 20.7 Å². The molecule has 0 aliphatic rings. The first kappa shape index (κ1) is 13.7. The molecule has 1 rings (SSSR count). The van der Waals surface area contributed by atoms with Crippen LogP contribution < -0.4 is 0 Å². The van der Waals surface area contributed by atoms with Crippen LogP contribution in [0.15, 0.2) is 49.6 Å². The Hall–Kier alpha value is -2.36. The maximum Gasteiger partial charge on any atom is 0.335 e. The summed E-state index contributed by atoms with van der Waals surface area (Å²) < 4.78 is 0. The molecule has 0 radical (unpaired) electrons. The van der Waals surface area contributed by atoms with E-state index in [1.807, 2.05) is 0 Å². The van der Waals surface area contributed by atoms with Crippen molar-refractivity contribution in [3.05, 3.63) is 60.7 Å². The monoisotopic (exact) mass is 245 g/mol. The first-order valence-corrected chi connectivity index (χ1v) is 5.44. The molecular weight excluding hydrogens is 230 g/mol. The minimum atomic E-state index is -1.05. The fourth-order valence-electron chi connectivity index (χ4n) is 1.52. The predicted octanol–water partition coefficient (Wildman–Crippen LogP) is 2.20. The van der Waals surface area contributed by atoms with Crippen molar-refractivity contribution in [1.82, 2.24) is 4.90 Å². The number of amides is 1. The maximum absolute atomic E-state index is 12.1. The SMILES string of the molecule is C=CCN(CC=C)C(=O)c1cccc(C(=O)O)c1. The molecule has 0 spiro atoms. The molecule has 0 saturated heterocycles. The molecule has 0 heterocycles. The van der Waals surface area contributed by atoms with Gasteiger partial charge in [0.25, 0.3) is 5.91 Å². The molecule has 0 unspecified atom stereocenters. The van der Waals surface area contributed by atoms with Crippen molar-refractivity contribution in [1.29, 1.82) is 0 Å². The summed E-state index contributed by atoms with van der Waals surface area (Å²) in [6.07, 6.45) is 3.23. The van der Waals surface area contributed by atoms with E-state index in [9.17, 15) is 9.59 Å². The lowest BCUT2D eigenvalue weighted by Crippen LogP contribution is -2.31. The molecule has 1 aromatic carbocycles. The second-order valence-corrected chi connectivity index (χ2v) is 3.67. The van der Waals surface area contributed by atoms with Crippen molar-refractivity contribution < 1.29 is 14.7 Å². The van der Waals surface area contributed by atoms with Crippen LogP contribution in [-0.2, 0) is 0 Å². The van der Waals surface area contributed by atoms with E-state index in [1.54, 1.807) is 24.3 Å². The normalized spacial score (nSPS) is 9.56. The Morgan fingerprint density at radius 2 is 1.72 bits per heavy atom. The second-order valence-electron chi connectivity index (χ2n) is 3.67. The number of hydrogen-bond acceptors (Lipinski definition) is 2. The van der Waals surface area contributed by atoms with Crippen LogP contribution in [0.25, 0.3) is 0 Å². The van der Waals surface area contributed by atoms with E-state index in [1.165, 1.54) is 17.0 Å². The van der Waals surface area contributed by atoms with E-state index in [4.69, 9.17) is 5.11 Å². The number of carboxylic acid groups (broad SMARTS) is 1. The lowest BCUT2D eigenvalue weighted by atomic mass is 10.1. The summed E-state index contributed by atoms with van der Waals surface area (Å²) in [5.74, 6) is -1.29. The Morgan fingerprint density at radius 3 is 2.22 bits per heavy atom. The Bertz CT molecular complexity index is 470. The molecule has 0 aliphatic heterocycles. The van der Waals surface area contributed by atoms with Crippen molar-refractivity contribution in [3.8, 4) is 0 Å². The fourth-order valence-corrected chi connectivity index (χ4v) is 1.52. The zero-order valence-electron chi connectivity index (χ0n) is 10.0. The molecule has 0 fully saturated rings. The Kier molecular flexibility index (Phi) is 4.87. The van der Waals surface area contributed by atoms with Crippen molar-refractivity contribution in [2.45, 2.75) is 0 Å². The second kappa shape index (κ2) is 6.39. The fraction of sp³-hybridized carbons (Fsp3) is 0.143. The molecule has 4 nitrogen and oxygen atoms in total. The van der Waals surface area contributed by atoms with Gasteiger partial charge >= 0.3 is 5.97 Å². The summed E-state index contributed by atoms with van der Waals surface area (Å²) in [6, 6.07) is 5.96. The van der Waals surface area contributed by atoms with Crippen LogP contribution in [-0.4, -0.2) is 35.0 Å². The molecule has 1 amide bonds. The number of nitrogens with zero attached hydrogens (tertiary/aromatic N) is 1. The topological polar surface area (TPSA) is 57.6 Å². The number of aromatic carboxylic acids is 1. The first-order valence-electron chi connectivity index (χ1n) is 5.44. The smallest absolute Gasteiger partial charge is 0.335 e. The molecule has 0 aliphatic carbocycles. The Morgan fingerprint density at radius 1 is 1.17 bits per heavy atom. The molecule has 0 saturated carbocycles. The van der Waals surface area contributed by atoms with Gasteiger partial charge in [-0.1, -0.05) is 18.2 Å². The lowest BCUT2D eigenvalue weighted by molar-refractivity contribution is 0.0697. The van der Waals surface area contributed by atoms with Gasteiger partial charge in [0.2, 0.25) is 0 Å². The standard InChI is InChI=1S/C14H15NO3/c1-3-8-15(9-4-2)13(16)11-6-5-7-12(10-11)14(17)18/h3-7,10H,1-2,8-9H2,(H,17,18). The summed E-state index contributed by atoms with van der Waals surface area (Å²) in [6.45, 7) is 7.95. The molecule has 0 bridgehead atoms. The van der Waals surface area contributed by atoms with Crippen LogP contribution in [0.3, 0.4) is 0 Å². The number of hydrogen-bond donors (Lipinski definition) is 1. The number of carboxylic acids is 1. The zero-order chi connectivity index (χ0) is 13.5. The van der Waals surface area contributed by atoms with Crippen LogP contribution in [0.2, 0.25) is 0 Å².